The first kappa shape index (κ1) is 19.2. The van der Waals surface area contributed by atoms with Crippen LogP contribution in [0.25, 0.3) is 0 Å². The third kappa shape index (κ3) is 6.51. The van der Waals surface area contributed by atoms with Gasteiger partial charge in [0.05, 0.1) is 12.1 Å². The maximum absolute atomic E-state index is 10.3. The van der Waals surface area contributed by atoms with Gasteiger partial charge >= 0.3 is 0 Å². The molecule has 0 unspecified atom stereocenters. The summed E-state index contributed by atoms with van der Waals surface area (Å²) < 4.78 is 1.92. The second-order valence-electron chi connectivity index (χ2n) is 5.68. The Bertz CT molecular complexity index is 429. The fourth-order valence-corrected chi connectivity index (χ4v) is 2.64. The molecule has 0 radical (unpaired) electrons. The minimum Gasteiger partial charge on any atom is -0.388 e. The predicted octanol–water partition coefficient (Wildman–Crippen LogP) is 1.75. The Kier molecular flexibility index (Phi) is 8.77. The predicted molar refractivity (Wildman–Crippen MR) is 99.7 cm³/mol. The smallest absolute Gasteiger partial charge is 0.191 e. The molecule has 1 saturated carbocycles. The lowest BCUT2D eigenvalue weighted by atomic mass is 10.0. The first-order chi connectivity index (χ1) is 10.2. The van der Waals surface area contributed by atoms with Crippen molar-refractivity contribution in [3.8, 4) is 0 Å². The van der Waals surface area contributed by atoms with Gasteiger partial charge in [0.25, 0.3) is 0 Å². The molecule has 1 aromatic rings. The fraction of sp³-hybridized carbons (Fsp3) is 0.733. The minimum absolute atomic E-state index is 0. The normalized spacial score (nSPS) is 17.1. The summed E-state index contributed by atoms with van der Waals surface area (Å²) >= 11 is 0. The fourth-order valence-electron chi connectivity index (χ4n) is 2.64. The van der Waals surface area contributed by atoms with Crippen molar-refractivity contribution in [3.63, 3.8) is 0 Å². The lowest BCUT2D eigenvalue weighted by Crippen LogP contribution is -2.40. The summed E-state index contributed by atoms with van der Waals surface area (Å²) in [4.78, 5) is 4.52. The number of aromatic nitrogens is 2. The van der Waals surface area contributed by atoms with E-state index in [0.29, 0.717) is 6.54 Å². The molecular formula is C15H28IN5O. The molecule has 0 saturated heterocycles. The highest BCUT2D eigenvalue weighted by molar-refractivity contribution is 14.0. The van der Waals surface area contributed by atoms with Gasteiger partial charge in [-0.3, -0.25) is 9.67 Å². The molecule has 0 atom stereocenters. The molecule has 0 spiro atoms. The monoisotopic (exact) mass is 421 g/mol. The SMILES string of the molecule is CCNC(=NCC1(O)CCCC1)NCCCn1cccn1.I. The largest absolute Gasteiger partial charge is 0.388 e. The van der Waals surface area contributed by atoms with Crippen LogP contribution in [0.4, 0.5) is 0 Å². The van der Waals surface area contributed by atoms with Crippen LogP contribution in [-0.4, -0.2) is 46.1 Å². The van der Waals surface area contributed by atoms with E-state index in [0.717, 1.165) is 57.7 Å². The Hall–Kier alpha value is -0.830. The standard InChI is InChI=1S/C15H27N5O.HI/c1-2-16-14(18-13-15(21)7-3-4-8-15)17-9-5-11-20-12-6-10-19-20;/h6,10,12,21H,2-5,7-9,11,13H2,1H3,(H2,16,17,18);1H. The van der Waals surface area contributed by atoms with E-state index >= 15 is 0 Å². The van der Waals surface area contributed by atoms with Gasteiger partial charge in [-0.15, -0.1) is 24.0 Å². The second-order valence-corrected chi connectivity index (χ2v) is 5.68. The maximum atomic E-state index is 10.3. The molecule has 0 amide bonds. The summed E-state index contributed by atoms with van der Waals surface area (Å²) in [5.74, 6) is 0.790. The summed E-state index contributed by atoms with van der Waals surface area (Å²) in [6, 6.07) is 1.93. The summed E-state index contributed by atoms with van der Waals surface area (Å²) in [7, 11) is 0. The van der Waals surface area contributed by atoms with E-state index < -0.39 is 5.60 Å². The summed E-state index contributed by atoms with van der Waals surface area (Å²) in [6.07, 6.45) is 8.71. The molecule has 1 aliphatic rings. The van der Waals surface area contributed by atoms with Crippen molar-refractivity contribution in [3.05, 3.63) is 18.5 Å². The molecule has 0 bridgehead atoms. The van der Waals surface area contributed by atoms with Crippen LogP contribution in [0, 0.1) is 0 Å². The molecule has 126 valence electrons. The molecule has 1 aromatic heterocycles. The van der Waals surface area contributed by atoms with Gasteiger partial charge in [-0.05, 0) is 32.3 Å². The number of aliphatic imine (C=N–C) groups is 1. The van der Waals surface area contributed by atoms with Gasteiger partial charge in [-0.25, -0.2) is 0 Å². The Labute approximate surface area is 149 Å². The van der Waals surface area contributed by atoms with Gasteiger partial charge in [0.1, 0.15) is 0 Å². The number of hydrogen-bond acceptors (Lipinski definition) is 3. The Morgan fingerprint density at radius 2 is 2.14 bits per heavy atom. The highest BCUT2D eigenvalue weighted by Gasteiger charge is 2.30. The van der Waals surface area contributed by atoms with Crippen LogP contribution >= 0.6 is 24.0 Å². The third-order valence-electron chi connectivity index (χ3n) is 3.83. The Morgan fingerprint density at radius 1 is 1.36 bits per heavy atom. The van der Waals surface area contributed by atoms with Gasteiger partial charge in [0.2, 0.25) is 0 Å². The van der Waals surface area contributed by atoms with Gasteiger partial charge in [-0.1, -0.05) is 12.8 Å². The molecule has 1 heterocycles. The highest BCUT2D eigenvalue weighted by Crippen LogP contribution is 2.29. The van der Waals surface area contributed by atoms with Crippen molar-refractivity contribution in [1.29, 1.82) is 0 Å². The highest BCUT2D eigenvalue weighted by atomic mass is 127. The molecule has 3 N–H and O–H groups in total. The van der Waals surface area contributed by atoms with E-state index in [4.69, 9.17) is 0 Å². The van der Waals surface area contributed by atoms with Crippen LogP contribution in [0.1, 0.15) is 39.0 Å². The van der Waals surface area contributed by atoms with Gasteiger partial charge < -0.3 is 15.7 Å². The lowest BCUT2D eigenvalue weighted by molar-refractivity contribution is 0.0574. The molecule has 1 fully saturated rings. The topological polar surface area (TPSA) is 74.5 Å². The van der Waals surface area contributed by atoms with E-state index in [1.165, 1.54) is 0 Å². The molecule has 7 heteroatoms. The van der Waals surface area contributed by atoms with Crippen LogP contribution in [-0.2, 0) is 6.54 Å². The number of aryl methyl sites for hydroxylation is 1. The van der Waals surface area contributed by atoms with Crippen molar-refractivity contribution in [2.45, 2.75) is 51.2 Å². The van der Waals surface area contributed by atoms with Gasteiger partial charge in [0, 0.05) is 32.0 Å². The molecular weight excluding hydrogens is 393 g/mol. The molecule has 6 nitrogen and oxygen atoms in total. The van der Waals surface area contributed by atoms with E-state index in [1.54, 1.807) is 6.20 Å². The minimum atomic E-state index is -0.586. The van der Waals surface area contributed by atoms with E-state index in [2.05, 4.69) is 20.7 Å². The van der Waals surface area contributed by atoms with E-state index in [-0.39, 0.29) is 24.0 Å². The van der Waals surface area contributed by atoms with Gasteiger partial charge in [-0.2, -0.15) is 5.10 Å². The second kappa shape index (κ2) is 10.0. The summed E-state index contributed by atoms with van der Waals surface area (Å²) in [5.41, 5.74) is -0.586. The summed E-state index contributed by atoms with van der Waals surface area (Å²) in [6.45, 7) is 5.09. The molecule has 0 aromatic carbocycles. The van der Waals surface area contributed by atoms with Gasteiger partial charge in [0.15, 0.2) is 5.96 Å². The molecule has 0 aliphatic heterocycles. The lowest BCUT2D eigenvalue weighted by Gasteiger charge is -2.20. The van der Waals surface area contributed by atoms with Crippen molar-refractivity contribution in [2.24, 2.45) is 4.99 Å². The zero-order chi connectivity index (χ0) is 15.0. The van der Waals surface area contributed by atoms with Crippen molar-refractivity contribution in [1.82, 2.24) is 20.4 Å². The van der Waals surface area contributed by atoms with Crippen molar-refractivity contribution in [2.75, 3.05) is 19.6 Å². The van der Waals surface area contributed by atoms with E-state index in [9.17, 15) is 5.11 Å². The zero-order valence-electron chi connectivity index (χ0n) is 13.3. The van der Waals surface area contributed by atoms with Crippen LogP contribution in [0.15, 0.2) is 23.5 Å². The van der Waals surface area contributed by atoms with Crippen LogP contribution in [0.5, 0.6) is 0 Å². The summed E-state index contributed by atoms with van der Waals surface area (Å²) in [5, 5.41) is 21.0. The first-order valence-corrected chi connectivity index (χ1v) is 7.94. The van der Waals surface area contributed by atoms with Crippen molar-refractivity contribution >= 4 is 29.9 Å². The number of nitrogens with zero attached hydrogens (tertiary/aromatic N) is 3. The average molecular weight is 421 g/mol. The van der Waals surface area contributed by atoms with Crippen LogP contribution in [0.3, 0.4) is 0 Å². The van der Waals surface area contributed by atoms with Crippen LogP contribution in [0.2, 0.25) is 0 Å². The first-order valence-electron chi connectivity index (χ1n) is 7.94. The van der Waals surface area contributed by atoms with E-state index in [1.807, 2.05) is 23.9 Å². The van der Waals surface area contributed by atoms with Crippen molar-refractivity contribution < 1.29 is 5.11 Å². The Morgan fingerprint density at radius 3 is 2.77 bits per heavy atom. The third-order valence-corrected chi connectivity index (χ3v) is 3.83. The quantitative estimate of drug-likeness (QED) is 0.272. The number of rotatable bonds is 7. The number of guanidine groups is 1. The molecule has 2 rings (SSSR count). The maximum Gasteiger partial charge on any atom is 0.191 e. The number of halogens is 1. The number of hydrogen-bond donors (Lipinski definition) is 3. The Balaban J connectivity index is 0.00000242. The molecule has 1 aliphatic carbocycles. The van der Waals surface area contributed by atoms with Crippen LogP contribution < -0.4 is 10.6 Å². The molecule has 22 heavy (non-hydrogen) atoms. The zero-order valence-corrected chi connectivity index (χ0v) is 15.6. The average Bonchev–Trinajstić information content (AvgIpc) is 3.13. The number of nitrogens with one attached hydrogen (secondary N) is 2. The number of aliphatic hydroxyl groups is 1.